The van der Waals surface area contributed by atoms with Gasteiger partial charge in [-0.05, 0) is 31.5 Å². The zero-order chi connectivity index (χ0) is 12.8. The number of rotatable bonds is 6. The molecule has 6 heteroatoms. The van der Waals surface area contributed by atoms with Gasteiger partial charge in [-0.25, -0.2) is 0 Å². The van der Waals surface area contributed by atoms with Gasteiger partial charge in [0.25, 0.3) is 0 Å². The van der Waals surface area contributed by atoms with Crippen LogP contribution in [0.1, 0.15) is 18.9 Å². The zero-order valence-corrected chi connectivity index (χ0v) is 9.52. The lowest BCUT2D eigenvalue weighted by Crippen LogP contribution is -2.18. The highest BCUT2D eigenvalue weighted by atomic mass is 19.1. The summed E-state index contributed by atoms with van der Waals surface area (Å²) in [7, 11) is 0. The maximum absolute atomic E-state index is 13.2. The van der Waals surface area contributed by atoms with E-state index in [0.29, 0.717) is 25.1 Å². The van der Waals surface area contributed by atoms with E-state index in [2.05, 4.69) is 5.32 Å². The summed E-state index contributed by atoms with van der Waals surface area (Å²) in [4.78, 5) is 9.64. The number of benzene rings is 1. The lowest BCUT2D eigenvalue weighted by atomic mass is 10.2. The van der Waals surface area contributed by atoms with Gasteiger partial charge < -0.3 is 10.4 Å². The number of hydrogen-bond acceptors (Lipinski definition) is 4. The minimum Gasteiger partial charge on any atom is -0.393 e. The number of nitrogens with one attached hydrogen (secondary N) is 1. The Balaban J connectivity index is 2.50. The summed E-state index contributed by atoms with van der Waals surface area (Å²) in [5.41, 5.74) is 0.122. The summed E-state index contributed by atoms with van der Waals surface area (Å²) in [6.45, 7) is 2.71. The molecule has 17 heavy (non-hydrogen) atoms. The molecule has 0 spiro atoms. The summed E-state index contributed by atoms with van der Waals surface area (Å²) >= 11 is 0. The number of aliphatic hydroxyl groups is 1. The summed E-state index contributed by atoms with van der Waals surface area (Å²) in [6, 6.07) is 3.81. The predicted octanol–water partition coefficient (Wildman–Crippen LogP) is 1.59. The fraction of sp³-hybridized carbons (Fsp3) is 0.455. The molecular formula is C11H15FN2O3. The Hall–Kier alpha value is -1.53. The van der Waals surface area contributed by atoms with Crippen LogP contribution in [0.25, 0.3) is 0 Å². The van der Waals surface area contributed by atoms with E-state index in [-0.39, 0.29) is 6.10 Å². The first-order valence-corrected chi connectivity index (χ1v) is 5.32. The Morgan fingerprint density at radius 2 is 2.29 bits per heavy atom. The minimum atomic E-state index is -0.829. The summed E-state index contributed by atoms with van der Waals surface area (Å²) < 4.78 is 13.2. The van der Waals surface area contributed by atoms with E-state index in [4.69, 9.17) is 5.11 Å². The third-order valence-electron chi connectivity index (χ3n) is 2.28. The minimum absolute atomic E-state index is 0.379. The Bertz CT molecular complexity index is 396. The van der Waals surface area contributed by atoms with Gasteiger partial charge >= 0.3 is 5.69 Å². The van der Waals surface area contributed by atoms with E-state index < -0.39 is 16.4 Å². The molecule has 94 valence electrons. The van der Waals surface area contributed by atoms with Crippen molar-refractivity contribution < 1.29 is 14.4 Å². The van der Waals surface area contributed by atoms with Crippen LogP contribution in [-0.4, -0.2) is 22.7 Å². The Kier molecular flexibility index (Phi) is 4.99. The first-order chi connectivity index (χ1) is 8.00. The number of hydrogen-bond donors (Lipinski definition) is 2. The standard InChI is InChI=1S/C11H15FN2O3/c1-8(15)4-5-13-7-9-2-3-11(14(16)17)10(12)6-9/h2-3,6,8,13,15H,4-5,7H2,1H3. The first-order valence-electron chi connectivity index (χ1n) is 5.32. The first kappa shape index (κ1) is 13.5. The van der Waals surface area contributed by atoms with Crippen LogP contribution >= 0.6 is 0 Å². The van der Waals surface area contributed by atoms with Gasteiger partial charge in [0.2, 0.25) is 5.82 Å². The molecule has 0 amide bonds. The topological polar surface area (TPSA) is 75.4 Å². The van der Waals surface area contributed by atoms with Crippen molar-refractivity contribution >= 4 is 5.69 Å². The van der Waals surface area contributed by atoms with Crippen molar-refractivity contribution in [3.63, 3.8) is 0 Å². The molecule has 2 N–H and O–H groups in total. The molecule has 1 aromatic rings. The molecule has 1 unspecified atom stereocenters. The summed E-state index contributed by atoms with van der Waals surface area (Å²) in [6.07, 6.45) is 0.228. The average molecular weight is 242 g/mol. The fourth-order valence-electron chi connectivity index (χ4n) is 1.35. The fourth-order valence-corrected chi connectivity index (χ4v) is 1.35. The normalized spacial score (nSPS) is 12.4. The van der Waals surface area contributed by atoms with Crippen LogP contribution in [0.2, 0.25) is 0 Å². The van der Waals surface area contributed by atoms with Gasteiger partial charge in [0.1, 0.15) is 0 Å². The molecule has 0 bridgehead atoms. The van der Waals surface area contributed by atoms with Crippen LogP contribution < -0.4 is 5.32 Å². The molecule has 1 aromatic carbocycles. The van der Waals surface area contributed by atoms with Crippen LogP contribution in [-0.2, 0) is 6.54 Å². The van der Waals surface area contributed by atoms with Crippen LogP contribution in [0.5, 0.6) is 0 Å². The maximum atomic E-state index is 13.2. The van der Waals surface area contributed by atoms with E-state index in [9.17, 15) is 14.5 Å². The average Bonchev–Trinajstić information content (AvgIpc) is 2.23. The van der Waals surface area contributed by atoms with Crippen LogP contribution in [0, 0.1) is 15.9 Å². The molecule has 0 radical (unpaired) electrons. The molecule has 0 aromatic heterocycles. The molecule has 0 saturated heterocycles. The van der Waals surface area contributed by atoms with E-state index >= 15 is 0 Å². The number of nitro groups is 1. The smallest absolute Gasteiger partial charge is 0.304 e. The quantitative estimate of drug-likeness (QED) is 0.451. The van der Waals surface area contributed by atoms with E-state index in [0.717, 1.165) is 12.1 Å². The summed E-state index contributed by atoms with van der Waals surface area (Å²) in [5.74, 6) is -0.829. The van der Waals surface area contributed by atoms with Crippen molar-refractivity contribution in [2.24, 2.45) is 0 Å². The van der Waals surface area contributed by atoms with Gasteiger partial charge in [-0.1, -0.05) is 6.07 Å². The summed E-state index contributed by atoms with van der Waals surface area (Å²) in [5, 5.41) is 22.4. The second-order valence-electron chi connectivity index (χ2n) is 3.86. The number of nitro benzene ring substituents is 1. The molecule has 0 fully saturated rings. The van der Waals surface area contributed by atoms with E-state index in [1.165, 1.54) is 6.07 Å². The van der Waals surface area contributed by atoms with Crippen LogP contribution in [0.15, 0.2) is 18.2 Å². The van der Waals surface area contributed by atoms with Crippen molar-refractivity contribution in [1.29, 1.82) is 0 Å². The predicted molar refractivity (Wildman–Crippen MR) is 61.1 cm³/mol. The molecule has 0 saturated carbocycles. The number of halogens is 1. The molecule has 0 heterocycles. The van der Waals surface area contributed by atoms with Gasteiger partial charge in [-0.3, -0.25) is 10.1 Å². The highest BCUT2D eigenvalue weighted by molar-refractivity contribution is 5.34. The molecule has 0 aliphatic heterocycles. The number of nitrogens with zero attached hydrogens (tertiary/aromatic N) is 1. The van der Waals surface area contributed by atoms with Crippen molar-refractivity contribution in [1.82, 2.24) is 5.32 Å². The molecule has 5 nitrogen and oxygen atoms in total. The van der Waals surface area contributed by atoms with Crippen molar-refractivity contribution in [2.75, 3.05) is 6.54 Å². The molecule has 0 aliphatic rings. The Labute approximate surface area is 98.4 Å². The monoisotopic (exact) mass is 242 g/mol. The van der Waals surface area contributed by atoms with Crippen molar-refractivity contribution in [2.45, 2.75) is 26.0 Å². The van der Waals surface area contributed by atoms with Crippen LogP contribution in [0.4, 0.5) is 10.1 Å². The zero-order valence-electron chi connectivity index (χ0n) is 9.52. The highest BCUT2D eigenvalue weighted by Gasteiger charge is 2.13. The Morgan fingerprint density at radius 3 is 2.82 bits per heavy atom. The van der Waals surface area contributed by atoms with E-state index in [1.54, 1.807) is 6.92 Å². The van der Waals surface area contributed by atoms with Gasteiger partial charge in [-0.2, -0.15) is 4.39 Å². The van der Waals surface area contributed by atoms with Gasteiger partial charge in [0.15, 0.2) is 0 Å². The lowest BCUT2D eigenvalue weighted by molar-refractivity contribution is -0.387. The lowest BCUT2D eigenvalue weighted by Gasteiger charge is -2.06. The second kappa shape index (κ2) is 6.27. The van der Waals surface area contributed by atoms with Gasteiger partial charge in [0.05, 0.1) is 11.0 Å². The van der Waals surface area contributed by atoms with Crippen LogP contribution in [0.3, 0.4) is 0 Å². The Morgan fingerprint density at radius 1 is 1.59 bits per heavy atom. The molecule has 0 aliphatic carbocycles. The third-order valence-corrected chi connectivity index (χ3v) is 2.28. The molecule has 1 rings (SSSR count). The second-order valence-corrected chi connectivity index (χ2v) is 3.86. The third kappa shape index (κ3) is 4.46. The van der Waals surface area contributed by atoms with Gasteiger partial charge in [0, 0.05) is 12.6 Å². The molecular weight excluding hydrogens is 227 g/mol. The van der Waals surface area contributed by atoms with E-state index in [1.807, 2.05) is 0 Å². The highest BCUT2D eigenvalue weighted by Crippen LogP contribution is 2.17. The molecule has 1 atom stereocenters. The maximum Gasteiger partial charge on any atom is 0.304 e. The van der Waals surface area contributed by atoms with Gasteiger partial charge in [-0.15, -0.1) is 0 Å². The SMILES string of the molecule is CC(O)CCNCc1ccc([N+](=O)[O-])c(F)c1. The van der Waals surface area contributed by atoms with Crippen molar-refractivity contribution in [3.05, 3.63) is 39.7 Å². The van der Waals surface area contributed by atoms with Crippen molar-refractivity contribution in [3.8, 4) is 0 Å². The largest absolute Gasteiger partial charge is 0.393 e. The number of aliphatic hydroxyl groups excluding tert-OH is 1.